The molecule has 0 radical (unpaired) electrons. The second kappa shape index (κ2) is 12.1. The number of rotatable bonds is 6. The Hall–Kier alpha value is -3.35. The van der Waals surface area contributed by atoms with Crippen LogP contribution in [0.2, 0.25) is 0 Å². The summed E-state index contributed by atoms with van der Waals surface area (Å²) < 4.78 is 94.6. The zero-order valence-electron chi connectivity index (χ0n) is 23.8. The van der Waals surface area contributed by atoms with Gasteiger partial charge in [-0.3, -0.25) is 4.79 Å². The number of amides is 3. The summed E-state index contributed by atoms with van der Waals surface area (Å²) in [7, 11) is 1.28. The van der Waals surface area contributed by atoms with E-state index >= 15 is 0 Å². The lowest BCUT2D eigenvalue weighted by atomic mass is 9.89. The van der Waals surface area contributed by atoms with Gasteiger partial charge in [0, 0.05) is 19.6 Å². The van der Waals surface area contributed by atoms with E-state index in [0.29, 0.717) is 29.7 Å². The first-order valence-corrected chi connectivity index (χ1v) is 13.3. The summed E-state index contributed by atoms with van der Waals surface area (Å²) in [5.41, 5.74) is -3.47. The number of carbonyl (C=O) groups excluding carboxylic acids is 2. The van der Waals surface area contributed by atoms with Crippen LogP contribution in [0.1, 0.15) is 79.9 Å². The highest BCUT2D eigenvalue weighted by atomic mass is 19.4. The van der Waals surface area contributed by atoms with Gasteiger partial charge in [0.1, 0.15) is 5.82 Å². The lowest BCUT2D eigenvalue weighted by Crippen LogP contribution is -2.52. The molecule has 2 aromatic rings. The molecule has 2 aromatic carbocycles. The van der Waals surface area contributed by atoms with Gasteiger partial charge in [-0.25, -0.2) is 9.18 Å². The van der Waals surface area contributed by atoms with Gasteiger partial charge in [-0.05, 0) is 87.6 Å². The van der Waals surface area contributed by atoms with Crippen molar-refractivity contribution in [3.05, 3.63) is 70.0 Å². The summed E-state index contributed by atoms with van der Waals surface area (Å²) in [6, 6.07) is 2.26. The quantitative estimate of drug-likeness (QED) is 0.357. The number of hydrogen-bond donors (Lipinski definition) is 2. The summed E-state index contributed by atoms with van der Waals surface area (Å²) in [4.78, 5) is 28.7. The number of hydrogen-bond acceptors (Lipinski definition) is 3. The monoisotopic (exact) mass is 605 g/mol. The Bertz CT molecular complexity index is 1270. The predicted molar refractivity (Wildman–Crippen MR) is 141 cm³/mol. The largest absolute Gasteiger partial charge is 0.416 e. The number of nitrogens with one attached hydrogen (secondary N) is 1. The van der Waals surface area contributed by atoms with E-state index in [1.54, 1.807) is 6.92 Å². The van der Waals surface area contributed by atoms with Crippen molar-refractivity contribution in [3.8, 4) is 0 Å². The summed E-state index contributed by atoms with van der Waals surface area (Å²) >= 11 is 0. The molecule has 0 aromatic heterocycles. The standard InChI is InChI=1S/C29H34F7N3O3/c1-16-10-21(30)6-7-23(16)24-14-22(37-25(40)15-27(3,4)42)8-9-39(24)26(41)38(5)17(2)18-11-19(28(31,32)33)13-20(12-18)29(34,35)36/h6-7,10-13,17,22,24,42H,8-9,14-15H2,1-5H3,(H,37,40)/t17-,22-,24+/m0/s1. The normalized spacial score (nSPS) is 18.9. The van der Waals surface area contributed by atoms with E-state index in [2.05, 4.69) is 5.32 Å². The molecule has 1 saturated heterocycles. The third kappa shape index (κ3) is 8.14. The van der Waals surface area contributed by atoms with Gasteiger partial charge in [0.05, 0.1) is 35.2 Å². The van der Waals surface area contributed by atoms with Gasteiger partial charge < -0.3 is 20.2 Å². The van der Waals surface area contributed by atoms with E-state index in [-0.39, 0.29) is 31.0 Å². The first-order valence-electron chi connectivity index (χ1n) is 13.3. The van der Waals surface area contributed by atoms with Gasteiger partial charge in [0.25, 0.3) is 0 Å². The van der Waals surface area contributed by atoms with Crippen molar-refractivity contribution < 1.29 is 45.4 Å². The Morgan fingerprint density at radius 1 is 1.05 bits per heavy atom. The number of alkyl halides is 6. The molecule has 1 aliphatic rings. The topological polar surface area (TPSA) is 72.9 Å². The van der Waals surface area contributed by atoms with Gasteiger partial charge in [-0.15, -0.1) is 0 Å². The summed E-state index contributed by atoms with van der Waals surface area (Å²) in [5.74, 6) is -0.909. The number of benzene rings is 2. The summed E-state index contributed by atoms with van der Waals surface area (Å²) in [6.07, 6.45) is -9.74. The van der Waals surface area contributed by atoms with Crippen LogP contribution in [0.5, 0.6) is 0 Å². The number of piperidine rings is 1. The molecule has 0 saturated carbocycles. The number of nitrogens with zero attached hydrogens (tertiary/aromatic N) is 2. The Morgan fingerprint density at radius 2 is 1.62 bits per heavy atom. The fraction of sp³-hybridized carbons (Fsp3) is 0.517. The molecule has 1 fully saturated rings. The van der Waals surface area contributed by atoms with E-state index in [0.717, 1.165) is 4.90 Å². The molecular weight excluding hydrogens is 571 g/mol. The molecule has 0 aliphatic carbocycles. The van der Waals surface area contributed by atoms with Crippen LogP contribution < -0.4 is 5.32 Å². The molecule has 232 valence electrons. The zero-order valence-corrected chi connectivity index (χ0v) is 23.8. The fourth-order valence-electron chi connectivity index (χ4n) is 5.12. The molecule has 2 N–H and O–H groups in total. The Morgan fingerprint density at radius 3 is 2.12 bits per heavy atom. The first kappa shape index (κ1) is 33.2. The maximum absolute atomic E-state index is 13.9. The van der Waals surface area contributed by atoms with Crippen molar-refractivity contribution in [3.63, 3.8) is 0 Å². The van der Waals surface area contributed by atoms with Gasteiger partial charge >= 0.3 is 18.4 Å². The SMILES string of the molecule is Cc1cc(F)ccc1[C@H]1C[C@@H](NC(=O)CC(C)(C)O)CCN1C(=O)N(C)[C@@H](C)c1cc(C(F)(F)F)cc(C(F)(F)F)c1. The highest BCUT2D eigenvalue weighted by Gasteiger charge is 2.40. The molecule has 0 unspecified atom stereocenters. The Kier molecular flexibility index (Phi) is 9.55. The average molecular weight is 606 g/mol. The molecule has 3 atom stereocenters. The van der Waals surface area contributed by atoms with E-state index in [1.165, 1.54) is 50.9 Å². The maximum atomic E-state index is 13.9. The lowest BCUT2D eigenvalue weighted by molar-refractivity contribution is -0.143. The van der Waals surface area contributed by atoms with Crippen molar-refractivity contribution >= 4 is 11.9 Å². The molecule has 1 heterocycles. The minimum Gasteiger partial charge on any atom is -0.390 e. The molecule has 13 heteroatoms. The molecule has 1 aliphatic heterocycles. The number of halogens is 7. The summed E-state index contributed by atoms with van der Waals surface area (Å²) in [6.45, 7) is 6.02. The van der Waals surface area contributed by atoms with E-state index in [1.807, 2.05) is 0 Å². The second-order valence-electron chi connectivity index (χ2n) is 11.4. The smallest absolute Gasteiger partial charge is 0.390 e. The molecule has 0 spiro atoms. The third-order valence-corrected chi connectivity index (χ3v) is 7.37. The van der Waals surface area contributed by atoms with Gasteiger partial charge in [-0.1, -0.05) is 6.07 Å². The van der Waals surface area contributed by atoms with E-state index < -0.39 is 65.0 Å². The molecule has 3 rings (SSSR count). The number of aryl methyl sites for hydroxylation is 1. The number of aliphatic hydroxyl groups is 1. The fourth-order valence-corrected chi connectivity index (χ4v) is 5.12. The van der Waals surface area contributed by atoms with Crippen molar-refractivity contribution in [1.29, 1.82) is 0 Å². The van der Waals surface area contributed by atoms with Crippen molar-refractivity contribution in [2.24, 2.45) is 0 Å². The Labute approximate surface area is 239 Å². The minimum absolute atomic E-state index is 0.0301. The van der Waals surface area contributed by atoms with Crippen LogP contribution >= 0.6 is 0 Å². The number of likely N-dealkylation sites (tertiary alicyclic amines) is 1. The number of urea groups is 1. The van der Waals surface area contributed by atoms with Crippen LogP contribution in [0, 0.1) is 12.7 Å². The van der Waals surface area contributed by atoms with Crippen LogP contribution in [-0.2, 0) is 17.1 Å². The van der Waals surface area contributed by atoms with Crippen molar-refractivity contribution in [2.75, 3.05) is 13.6 Å². The highest BCUT2D eigenvalue weighted by molar-refractivity contribution is 5.78. The van der Waals surface area contributed by atoms with Crippen LogP contribution in [0.3, 0.4) is 0 Å². The van der Waals surface area contributed by atoms with Crippen molar-refractivity contribution in [1.82, 2.24) is 15.1 Å². The molecular formula is C29H34F7N3O3. The molecule has 42 heavy (non-hydrogen) atoms. The maximum Gasteiger partial charge on any atom is 0.416 e. The molecule has 0 bridgehead atoms. The lowest BCUT2D eigenvalue weighted by Gasteiger charge is -2.43. The average Bonchev–Trinajstić information content (AvgIpc) is 2.85. The van der Waals surface area contributed by atoms with Crippen LogP contribution in [0.4, 0.5) is 35.5 Å². The van der Waals surface area contributed by atoms with Crippen LogP contribution in [0.25, 0.3) is 0 Å². The van der Waals surface area contributed by atoms with Crippen LogP contribution in [-0.4, -0.2) is 52.1 Å². The van der Waals surface area contributed by atoms with Crippen molar-refractivity contribution in [2.45, 2.75) is 83.0 Å². The van der Waals surface area contributed by atoms with Gasteiger partial charge in [0.15, 0.2) is 0 Å². The van der Waals surface area contributed by atoms with Gasteiger partial charge in [-0.2, -0.15) is 26.3 Å². The Balaban J connectivity index is 1.94. The minimum atomic E-state index is -5.04. The summed E-state index contributed by atoms with van der Waals surface area (Å²) in [5, 5.41) is 12.8. The highest BCUT2D eigenvalue weighted by Crippen LogP contribution is 2.39. The number of carbonyl (C=O) groups is 2. The van der Waals surface area contributed by atoms with Gasteiger partial charge in [0.2, 0.25) is 5.91 Å². The molecule has 3 amide bonds. The van der Waals surface area contributed by atoms with E-state index in [4.69, 9.17) is 0 Å². The molecule has 6 nitrogen and oxygen atoms in total. The second-order valence-corrected chi connectivity index (χ2v) is 11.4. The third-order valence-electron chi connectivity index (χ3n) is 7.37. The first-order chi connectivity index (χ1) is 19.2. The predicted octanol–water partition coefficient (Wildman–Crippen LogP) is 6.77. The van der Waals surface area contributed by atoms with Crippen LogP contribution in [0.15, 0.2) is 36.4 Å². The zero-order chi connectivity index (χ0) is 31.8. The van der Waals surface area contributed by atoms with E-state index in [9.17, 15) is 45.4 Å².